The number of rotatable bonds is 3. The Bertz CT molecular complexity index is 504. The number of carbonyl (C=O) groups is 2. The smallest absolute Gasteiger partial charge is 0.326 e. The maximum absolute atomic E-state index is 11.6. The first-order valence-electron chi connectivity index (χ1n) is 6.22. The van der Waals surface area contributed by atoms with Gasteiger partial charge in [0.05, 0.1) is 0 Å². The highest BCUT2D eigenvalue weighted by atomic mass is 16.4. The number of nitrogens with one attached hydrogen (secondary N) is 1. The topological polar surface area (TPSA) is 82.5 Å². The maximum Gasteiger partial charge on any atom is 0.326 e. The molecular formula is C13H17N3O3. The van der Waals surface area contributed by atoms with Crippen molar-refractivity contribution in [3.8, 4) is 0 Å². The van der Waals surface area contributed by atoms with E-state index in [1.807, 2.05) is 11.8 Å². The first-order chi connectivity index (χ1) is 9.04. The third-order valence-corrected chi connectivity index (χ3v) is 3.49. The van der Waals surface area contributed by atoms with E-state index in [0.29, 0.717) is 12.2 Å². The molecule has 0 aromatic carbocycles. The molecule has 0 aliphatic carbocycles. The van der Waals surface area contributed by atoms with Gasteiger partial charge < -0.3 is 15.3 Å². The van der Waals surface area contributed by atoms with Gasteiger partial charge in [0.25, 0.3) is 5.91 Å². The van der Waals surface area contributed by atoms with Crippen molar-refractivity contribution >= 4 is 17.6 Å². The van der Waals surface area contributed by atoms with Gasteiger partial charge in [0.2, 0.25) is 0 Å². The number of pyridine rings is 1. The number of carbonyl (C=O) groups excluding carboxylic acids is 1. The number of anilines is 1. The summed E-state index contributed by atoms with van der Waals surface area (Å²) in [6.45, 7) is 2.61. The van der Waals surface area contributed by atoms with E-state index in [4.69, 9.17) is 0 Å². The summed E-state index contributed by atoms with van der Waals surface area (Å²) < 4.78 is 0. The molecule has 1 aliphatic heterocycles. The van der Waals surface area contributed by atoms with Crippen molar-refractivity contribution in [1.82, 2.24) is 10.3 Å². The lowest BCUT2D eigenvalue weighted by molar-refractivity contribution is -0.139. The number of hydrogen-bond acceptors (Lipinski definition) is 4. The third-order valence-electron chi connectivity index (χ3n) is 3.49. The van der Waals surface area contributed by atoms with Crippen LogP contribution < -0.4 is 10.2 Å². The fourth-order valence-electron chi connectivity index (χ4n) is 2.46. The fraction of sp³-hybridized carbons (Fsp3) is 0.462. The lowest BCUT2D eigenvalue weighted by Crippen LogP contribution is -2.39. The van der Waals surface area contributed by atoms with E-state index >= 15 is 0 Å². The SMILES string of the molecule is CNC(=O)c1cc(N2CCC(C)C2C(=O)O)ccn1. The minimum Gasteiger partial charge on any atom is -0.480 e. The molecule has 1 amide bonds. The van der Waals surface area contributed by atoms with E-state index in [2.05, 4.69) is 10.3 Å². The number of amides is 1. The van der Waals surface area contributed by atoms with E-state index in [1.165, 1.54) is 13.2 Å². The molecule has 2 N–H and O–H groups in total. The van der Waals surface area contributed by atoms with E-state index in [1.54, 1.807) is 12.1 Å². The van der Waals surface area contributed by atoms with Crippen molar-refractivity contribution in [2.45, 2.75) is 19.4 Å². The van der Waals surface area contributed by atoms with E-state index < -0.39 is 12.0 Å². The minimum absolute atomic E-state index is 0.0918. The summed E-state index contributed by atoms with van der Waals surface area (Å²) in [5, 5.41) is 11.8. The molecule has 6 heteroatoms. The zero-order valence-corrected chi connectivity index (χ0v) is 11.0. The van der Waals surface area contributed by atoms with Gasteiger partial charge in [0, 0.05) is 25.5 Å². The number of aromatic nitrogens is 1. The summed E-state index contributed by atoms with van der Waals surface area (Å²) >= 11 is 0. The molecule has 0 spiro atoms. The van der Waals surface area contributed by atoms with Crippen LogP contribution in [0.2, 0.25) is 0 Å². The second kappa shape index (κ2) is 5.26. The summed E-state index contributed by atoms with van der Waals surface area (Å²) in [5.41, 5.74) is 1.02. The summed E-state index contributed by atoms with van der Waals surface area (Å²) in [6, 6.07) is 2.83. The van der Waals surface area contributed by atoms with Gasteiger partial charge in [0.15, 0.2) is 0 Å². The van der Waals surface area contributed by atoms with Crippen LogP contribution >= 0.6 is 0 Å². The lowest BCUT2D eigenvalue weighted by Gasteiger charge is -2.25. The third kappa shape index (κ3) is 2.52. The Kier molecular flexibility index (Phi) is 3.69. The Morgan fingerprint density at radius 3 is 2.89 bits per heavy atom. The minimum atomic E-state index is -0.830. The number of nitrogens with zero attached hydrogens (tertiary/aromatic N) is 2. The van der Waals surface area contributed by atoms with E-state index in [-0.39, 0.29) is 11.8 Å². The van der Waals surface area contributed by atoms with Gasteiger partial charge in [-0.25, -0.2) is 4.79 Å². The van der Waals surface area contributed by atoms with Gasteiger partial charge in [-0.1, -0.05) is 6.92 Å². The van der Waals surface area contributed by atoms with Gasteiger partial charge in [-0.15, -0.1) is 0 Å². The highest BCUT2D eigenvalue weighted by molar-refractivity contribution is 5.93. The van der Waals surface area contributed by atoms with Gasteiger partial charge in [-0.2, -0.15) is 0 Å². The van der Waals surface area contributed by atoms with Crippen LogP contribution in [0.5, 0.6) is 0 Å². The molecule has 0 radical (unpaired) electrons. The van der Waals surface area contributed by atoms with Crippen molar-refractivity contribution in [1.29, 1.82) is 0 Å². The Labute approximate surface area is 111 Å². The normalized spacial score (nSPS) is 22.3. The lowest BCUT2D eigenvalue weighted by atomic mass is 10.0. The molecule has 2 rings (SSSR count). The second-order valence-corrected chi connectivity index (χ2v) is 4.72. The Balaban J connectivity index is 2.31. The molecule has 0 saturated carbocycles. The van der Waals surface area contributed by atoms with E-state index in [0.717, 1.165) is 12.1 Å². The van der Waals surface area contributed by atoms with Crippen LogP contribution in [0.25, 0.3) is 0 Å². The number of aliphatic carboxylic acids is 1. The molecule has 1 saturated heterocycles. The number of carboxylic acid groups (broad SMARTS) is 1. The summed E-state index contributed by atoms with van der Waals surface area (Å²) in [4.78, 5) is 28.7. The molecule has 1 fully saturated rings. The summed E-state index contributed by atoms with van der Waals surface area (Å²) in [5.74, 6) is -1.02. The standard InChI is InChI=1S/C13H17N3O3/c1-8-4-6-16(11(8)13(18)19)9-3-5-15-10(7-9)12(17)14-2/h3,5,7-8,11H,4,6H2,1-2H3,(H,14,17)(H,18,19). The average Bonchev–Trinajstić information content (AvgIpc) is 2.80. The molecule has 1 aromatic heterocycles. The molecule has 2 atom stereocenters. The van der Waals surface area contributed by atoms with Crippen LogP contribution in [0.1, 0.15) is 23.8 Å². The van der Waals surface area contributed by atoms with Crippen LogP contribution in [0, 0.1) is 5.92 Å². The Morgan fingerprint density at radius 1 is 1.53 bits per heavy atom. The van der Waals surface area contributed by atoms with Crippen molar-refractivity contribution in [2.75, 3.05) is 18.5 Å². The zero-order chi connectivity index (χ0) is 14.0. The summed E-state index contributed by atoms with van der Waals surface area (Å²) in [6.07, 6.45) is 2.36. The molecular weight excluding hydrogens is 246 g/mol. The molecule has 1 aliphatic rings. The van der Waals surface area contributed by atoms with Crippen molar-refractivity contribution in [2.24, 2.45) is 5.92 Å². The quantitative estimate of drug-likeness (QED) is 0.840. The highest BCUT2D eigenvalue weighted by Gasteiger charge is 2.36. The molecule has 2 unspecified atom stereocenters. The van der Waals surface area contributed by atoms with Crippen molar-refractivity contribution in [3.63, 3.8) is 0 Å². The highest BCUT2D eigenvalue weighted by Crippen LogP contribution is 2.29. The van der Waals surface area contributed by atoms with E-state index in [9.17, 15) is 14.7 Å². The van der Waals surface area contributed by atoms with Crippen LogP contribution in [-0.4, -0.2) is 41.6 Å². The Morgan fingerprint density at radius 2 is 2.26 bits per heavy atom. The predicted octanol–water partition coefficient (Wildman–Crippen LogP) is 0.741. The number of hydrogen-bond donors (Lipinski definition) is 2. The predicted molar refractivity (Wildman–Crippen MR) is 70.2 cm³/mol. The first kappa shape index (κ1) is 13.3. The van der Waals surface area contributed by atoms with Crippen molar-refractivity contribution in [3.05, 3.63) is 24.0 Å². The largest absolute Gasteiger partial charge is 0.480 e. The van der Waals surface area contributed by atoms with Crippen molar-refractivity contribution < 1.29 is 14.7 Å². The van der Waals surface area contributed by atoms with Gasteiger partial charge in [-0.05, 0) is 24.5 Å². The van der Waals surface area contributed by atoms with Crippen LogP contribution in [0.15, 0.2) is 18.3 Å². The maximum atomic E-state index is 11.6. The summed E-state index contributed by atoms with van der Waals surface area (Å²) in [7, 11) is 1.54. The van der Waals surface area contributed by atoms with Crippen LogP contribution in [0.4, 0.5) is 5.69 Å². The van der Waals surface area contributed by atoms with Gasteiger partial charge in [0.1, 0.15) is 11.7 Å². The molecule has 2 heterocycles. The monoisotopic (exact) mass is 263 g/mol. The molecule has 19 heavy (non-hydrogen) atoms. The van der Waals surface area contributed by atoms with Gasteiger partial charge >= 0.3 is 5.97 Å². The molecule has 102 valence electrons. The zero-order valence-electron chi connectivity index (χ0n) is 11.0. The van der Waals surface area contributed by atoms with Crippen LogP contribution in [-0.2, 0) is 4.79 Å². The molecule has 0 bridgehead atoms. The average molecular weight is 263 g/mol. The fourth-order valence-corrected chi connectivity index (χ4v) is 2.46. The molecule has 1 aromatic rings. The number of carboxylic acids is 1. The van der Waals surface area contributed by atoms with Gasteiger partial charge in [-0.3, -0.25) is 9.78 Å². The second-order valence-electron chi connectivity index (χ2n) is 4.72. The molecule has 6 nitrogen and oxygen atoms in total. The van der Waals surface area contributed by atoms with Crippen LogP contribution in [0.3, 0.4) is 0 Å². The Hall–Kier alpha value is -2.11. The first-order valence-corrected chi connectivity index (χ1v) is 6.22.